The van der Waals surface area contributed by atoms with Crippen LogP contribution in [-0.2, 0) is 16.1 Å². The Hall–Kier alpha value is -2.08. The van der Waals surface area contributed by atoms with Crippen molar-refractivity contribution in [2.24, 2.45) is 0 Å². The summed E-state index contributed by atoms with van der Waals surface area (Å²) in [5, 5.41) is 8.28. The van der Waals surface area contributed by atoms with Crippen LogP contribution in [0.15, 0.2) is 24.4 Å². The van der Waals surface area contributed by atoms with Gasteiger partial charge in [0, 0.05) is 25.0 Å². The summed E-state index contributed by atoms with van der Waals surface area (Å²) in [5.41, 5.74) is 1.01. The largest absolute Gasteiger partial charge is 0.497 e. The Morgan fingerprint density at radius 2 is 2.45 bits per heavy atom. The molecule has 6 heteroatoms. The van der Waals surface area contributed by atoms with Crippen LogP contribution in [0.1, 0.15) is 19.3 Å². The molecule has 0 bridgehead atoms. The second kappa shape index (κ2) is 6.79. The first kappa shape index (κ1) is 14.8. The van der Waals surface area contributed by atoms with Gasteiger partial charge in [-0.1, -0.05) is 0 Å². The van der Waals surface area contributed by atoms with E-state index in [-0.39, 0.29) is 12.0 Å². The van der Waals surface area contributed by atoms with Gasteiger partial charge in [-0.2, -0.15) is 5.10 Å². The van der Waals surface area contributed by atoms with E-state index >= 15 is 0 Å². The zero-order chi connectivity index (χ0) is 15.4. The minimum Gasteiger partial charge on any atom is -0.497 e. The van der Waals surface area contributed by atoms with E-state index in [2.05, 4.69) is 10.4 Å². The zero-order valence-corrected chi connectivity index (χ0v) is 12.7. The summed E-state index contributed by atoms with van der Waals surface area (Å²) in [6.07, 6.45) is 4.51. The number of hydrogen-bond donors (Lipinski definition) is 1. The second-order valence-electron chi connectivity index (χ2n) is 5.48. The standard InChI is InChI=1S/C16H21N3O3/c1-21-13-4-5-15-12(9-13)10-18-19(15)7-6-16(20)17-11-14-3-2-8-22-14/h4-5,9-10,14H,2-3,6-8,11H2,1H3,(H,17,20). The van der Waals surface area contributed by atoms with Crippen molar-refractivity contribution < 1.29 is 14.3 Å². The van der Waals surface area contributed by atoms with E-state index in [0.717, 1.165) is 36.1 Å². The number of benzene rings is 1. The van der Waals surface area contributed by atoms with E-state index in [4.69, 9.17) is 9.47 Å². The number of hydrogen-bond acceptors (Lipinski definition) is 4. The molecule has 1 fully saturated rings. The SMILES string of the molecule is COc1ccc2c(cnn2CCC(=O)NCC2CCCO2)c1. The van der Waals surface area contributed by atoms with Gasteiger partial charge in [-0.05, 0) is 31.0 Å². The average Bonchev–Trinajstić information content (AvgIpc) is 3.19. The lowest BCUT2D eigenvalue weighted by atomic mass is 10.2. The summed E-state index contributed by atoms with van der Waals surface area (Å²) in [4.78, 5) is 11.9. The van der Waals surface area contributed by atoms with Crippen LogP contribution in [0.3, 0.4) is 0 Å². The summed E-state index contributed by atoms with van der Waals surface area (Å²) >= 11 is 0. The lowest BCUT2D eigenvalue weighted by Gasteiger charge is -2.11. The van der Waals surface area contributed by atoms with Gasteiger partial charge in [0.1, 0.15) is 5.75 Å². The topological polar surface area (TPSA) is 65.4 Å². The van der Waals surface area contributed by atoms with Crippen molar-refractivity contribution in [2.45, 2.75) is 31.9 Å². The fourth-order valence-electron chi connectivity index (χ4n) is 2.70. The van der Waals surface area contributed by atoms with Crippen molar-refractivity contribution in [1.29, 1.82) is 0 Å². The van der Waals surface area contributed by atoms with Gasteiger partial charge in [-0.3, -0.25) is 9.48 Å². The number of fused-ring (bicyclic) bond motifs is 1. The van der Waals surface area contributed by atoms with Crippen LogP contribution in [0.25, 0.3) is 10.9 Å². The molecule has 2 aromatic rings. The molecular formula is C16H21N3O3. The number of ether oxygens (including phenoxy) is 2. The van der Waals surface area contributed by atoms with E-state index < -0.39 is 0 Å². The fraction of sp³-hybridized carbons (Fsp3) is 0.500. The second-order valence-corrected chi connectivity index (χ2v) is 5.48. The summed E-state index contributed by atoms with van der Waals surface area (Å²) in [6.45, 7) is 1.98. The van der Waals surface area contributed by atoms with E-state index in [1.807, 2.05) is 22.9 Å². The maximum Gasteiger partial charge on any atom is 0.221 e. The van der Waals surface area contributed by atoms with Crippen LogP contribution < -0.4 is 10.1 Å². The van der Waals surface area contributed by atoms with Crippen LogP contribution in [0.4, 0.5) is 0 Å². The molecule has 1 aliphatic heterocycles. The molecule has 1 unspecified atom stereocenters. The number of nitrogens with zero attached hydrogens (tertiary/aromatic N) is 2. The molecule has 0 spiro atoms. The molecule has 1 aromatic carbocycles. The Kier molecular flexibility index (Phi) is 4.58. The molecule has 3 rings (SSSR count). The highest BCUT2D eigenvalue weighted by Crippen LogP contribution is 2.20. The first-order valence-electron chi connectivity index (χ1n) is 7.64. The Bertz CT molecular complexity index is 647. The molecule has 2 heterocycles. The highest BCUT2D eigenvalue weighted by Gasteiger charge is 2.16. The number of aromatic nitrogens is 2. The highest BCUT2D eigenvalue weighted by atomic mass is 16.5. The minimum atomic E-state index is 0.0349. The lowest BCUT2D eigenvalue weighted by Crippen LogP contribution is -2.32. The zero-order valence-electron chi connectivity index (χ0n) is 12.7. The van der Waals surface area contributed by atoms with Crippen LogP contribution in [0.2, 0.25) is 0 Å². The average molecular weight is 303 g/mol. The summed E-state index contributed by atoms with van der Waals surface area (Å²) in [7, 11) is 1.64. The molecule has 1 aliphatic rings. The maximum absolute atomic E-state index is 11.9. The van der Waals surface area contributed by atoms with Gasteiger partial charge in [0.05, 0.1) is 31.5 Å². The van der Waals surface area contributed by atoms with E-state index in [0.29, 0.717) is 19.5 Å². The number of amides is 1. The van der Waals surface area contributed by atoms with Gasteiger partial charge in [-0.15, -0.1) is 0 Å². The quantitative estimate of drug-likeness (QED) is 0.882. The predicted octanol–water partition coefficient (Wildman–Crippen LogP) is 1.73. The molecule has 0 aliphatic carbocycles. The van der Waals surface area contributed by atoms with E-state index in [9.17, 15) is 4.79 Å². The van der Waals surface area contributed by atoms with Crippen molar-refractivity contribution in [1.82, 2.24) is 15.1 Å². The molecule has 1 atom stereocenters. The molecule has 1 amide bonds. The van der Waals surface area contributed by atoms with E-state index in [1.54, 1.807) is 13.3 Å². The molecule has 118 valence electrons. The third kappa shape index (κ3) is 3.39. The number of nitrogens with one attached hydrogen (secondary N) is 1. The molecule has 6 nitrogen and oxygen atoms in total. The third-order valence-corrected chi connectivity index (χ3v) is 3.95. The van der Waals surface area contributed by atoms with E-state index in [1.165, 1.54) is 0 Å². The lowest BCUT2D eigenvalue weighted by molar-refractivity contribution is -0.121. The van der Waals surface area contributed by atoms with Crippen molar-refractivity contribution >= 4 is 16.8 Å². The highest BCUT2D eigenvalue weighted by molar-refractivity contribution is 5.80. The number of carbonyl (C=O) groups excluding carboxylic acids is 1. The number of carbonyl (C=O) groups is 1. The molecule has 1 N–H and O–H groups in total. The first-order valence-corrected chi connectivity index (χ1v) is 7.64. The Morgan fingerprint density at radius 3 is 3.23 bits per heavy atom. The van der Waals surface area contributed by atoms with Crippen molar-refractivity contribution in [2.75, 3.05) is 20.3 Å². The Labute approximate surface area is 129 Å². The summed E-state index contributed by atoms with van der Waals surface area (Å²) in [6, 6.07) is 5.81. The molecule has 22 heavy (non-hydrogen) atoms. The van der Waals surface area contributed by atoms with Crippen LogP contribution in [0.5, 0.6) is 5.75 Å². The minimum absolute atomic E-state index is 0.0349. The molecule has 0 saturated carbocycles. The van der Waals surface area contributed by atoms with Gasteiger partial charge in [0.15, 0.2) is 0 Å². The third-order valence-electron chi connectivity index (χ3n) is 3.95. The Morgan fingerprint density at radius 1 is 1.55 bits per heavy atom. The molecule has 0 radical (unpaired) electrons. The van der Waals surface area contributed by atoms with Crippen molar-refractivity contribution in [3.8, 4) is 5.75 Å². The van der Waals surface area contributed by atoms with Gasteiger partial charge in [0.2, 0.25) is 5.91 Å². The predicted molar refractivity (Wildman–Crippen MR) is 82.9 cm³/mol. The summed E-state index contributed by atoms with van der Waals surface area (Å²) < 4.78 is 12.5. The normalized spacial score (nSPS) is 17.8. The van der Waals surface area contributed by atoms with Gasteiger partial charge >= 0.3 is 0 Å². The van der Waals surface area contributed by atoms with Crippen molar-refractivity contribution in [3.05, 3.63) is 24.4 Å². The molecule has 1 aromatic heterocycles. The Balaban J connectivity index is 1.53. The molecular weight excluding hydrogens is 282 g/mol. The smallest absolute Gasteiger partial charge is 0.221 e. The number of rotatable bonds is 6. The fourth-order valence-corrected chi connectivity index (χ4v) is 2.70. The van der Waals surface area contributed by atoms with Crippen LogP contribution in [0, 0.1) is 0 Å². The number of methoxy groups -OCH3 is 1. The van der Waals surface area contributed by atoms with Crippen LogP contribution in [-0.4, -0.2) is 42.1 Å². The summed E-state index contributed by atoms with van der Waals surface area (Å²) in [5.74, 6) is 0.842. The van der Waals surface area contributed by atoms with Crippen molar-refractivity contribution in [3.63, 3.8) is 0 Å². The van der Waals surface area contributed by atoms with Gasteiger partial charge in [-0.25, -0.2) is 0 Å². The van der Waals surface area contributed by atoms with Gasteiger partial charge < -0.3 is 14.8 Å². The van der Waals surface area contributed by atoms with Crippen LogP contribution >= 0.6 is 0 Å². The molecule has 1 saturated heterocycles. The number of aryl methyl sites for hydroxylation is 1. The monoisotopic (exact) mass is 303 g/mol. The first-order chi connectivity index (χ1) is 10.8. The maximum atomic E-state index is 11.9. The van der Waals surface area contributed by atoms with Gasteiger partial charge in [0.25, 0.3) is 0 Å².